The molecule has 5 aliphatic rings. The molecule has 2 bridgehead atoms. The standard InChI is InChI=1S/C51H75NO7S/c1-33(2)36(6)46(7)26-27-48(9)39-22-23-42-47(8)30-57-32-51(42,40(39)24-25-49(48,10)43(46)45(53)58-29-37-16-14-13-15-17-37)28-41(56-12)44(47)59-31-50(11,34(3)4)52-60(54,55)38-20-18-35(5)19-21-38/h13-21,24,33-34,36,39,41-44,52H,22-23,25-32H2,1-12H3/t36-,39+,41-,42+,43-,44+,46-,47-,48-,49+,50-,51+/m1/s1. The zero-order valence-corrected chi connectivity index (χ0v) is 39.5. The first-order valence-electron chi connectivity index (χ1n) is 22.9. The number of sulfonamides is 1. The topological polar surface area (TPSA) is 100 Å². The van der Waals surface area contributed by atoms with Crippen molar-refractivity contribution in [2.24, 2.45) is 62.6 Å². The van der Waals surface area contributed by atoms with Gasteiger partial charge in [-0.15, -0.1) is 0 Å². The minimum Gasteiger partial charge on any atom is -0.461 e. The van der Waals surface area contributed by atoms with Crippen LogP contribution in [0.5, 0.6) is 0 Å². The molecule has 2 aromatic carbocycles. The van der Waals surface area contributed by atoms with Crippen LogP contribution in [0.15, 0.2) is 71.1 Å². The Morgan fingerprint density at radius 1 is 0.933 bits per heavy atom. The van der Waals surface area contributed by atoms with E-state index in [0.29, 0.717) is 36.9 Å². The molecule has 1 N–H and O–H groups in total. The lowest BCUT2D eigenvalue weighted by atomic mass is 9.34. The highest BCUT2D eigenvalue weighted by Crippen LogP contribution is 2.75. The minimum atomic E-state index is -3.80. The molecule has 0 radical (unpaired) electrons. The fourth-order valence-corrected chi connectivity index (χ4v) is 15.0. The lowest BCUT2D eigenvalue weighted by molar-refractivity contribution is -0.270. The molecule has 7 rings (SSSR count). The van der Waals surface area contributed by atoms with Gasteiger partial charge in [0.2, 0.25) is 10.0 Å². The van der Waals surface area contributed by atoms with Gasteiger partial charge in [0.25, 0.3) is 0 Å². The molecule has 60 heavy (non-hydrogen) atoms. The van der Waals surface area contributed by atoms with Crippen molar-refractivity contribution < 1.29 is 32.2 Å². The van der Waals surface area contributed by atoms with Crippen LogP contribution in [0.2, 0.25) is 0 Å². The fourth-order valence-electron chi connectivity index (χ4n) is 13.5. The largest absolute Gasteiger partial charge is 0.461 e. The van der Waals surface area contributed by atoms with Gasteiger partial charge in [0.1, 0.15) is 6.61 Å². The van der Waals surface area contributed by atoms with Gasteiger partial charge in [0.15, 0.2) is 0 Å². The van der Waals surface area contributed by atoms with Crippen molar-refractivity contribution in [2.75, 3.05) is 26.9 Å². The van der Waals surface area contributed by atoms with E-state index in [9.17, 15) is 13.2 Å². The third-order valence-corrected chi connectivity index (χ3v) is 19.7. The Bertz CT molecular complexity index is 2020. The van der Waals surface area contributed by atoms with E-state index < -0.39 is 15.6 Å². The van der Waals surface area contributed by atoms with Crippen LogP contribution >= 0.6 is 0 Å². The van der Waals surface area contributed by atoms with Crippen molar-refractivity contribution in [3.8, 4) is 0 Å². The predicted octanol–water partition coefficient (Wildman–Crippen LogP) is 10.3. The highest BCUT2D eigenvalue weighted by atomic mass is 32.2. The molecule has 332 valence electrons. The summed E-state index contributed by atoms with van der Waals surface area (Å²) in [4.78, 5) is 15.1. The van der Waals surface area contributed by atoms with Gasteiger partial charge < -0.3 is 18.9 Å². The Balaban J connectivity index is 1.20. The molecule has 12 atom stereocenters. The molecule has 0 unspecified atom stereocenters. The van der Waals surface area contributed by atoms with E-state index in [1.165, 1.54) is 5.57 Å². The van der Waals surface area contributed by atoms with E-state index in [1.54, 1.807) is 19.2 Å². The van der Waals surface area contributed by atoms with E-state index in [-0.39, 0.29) is 75.2 Å². The van der Waals surface area contributed by atoms with Gasteiger partial charge >= 0.3 is 5.97 Å². The molecule has 0 amide bonds. The molecule has 8 nitrogen and oxygen atoms in total. The number of aryl methyl sites for hydroxylation is 1. The number of carbonyl (C=O) groups excluding carboxylic acids is 1. The Morgan fingerprint density at radius 3 is 2.25 bits per heavy atom. The minimum absolute atomic E-state index is 0.0463. The van der Waals surface area contributed by atoms with Crippen LogP contribution in [0, 0.1) is 69.5 Å². The maximum absolute atomic E-state index is 14.8. The van der Waals surface area contributed by atoms with Gasteiger partial charge in [-0.05, 0) is 116 Å². The maximum atomic E-state index is 14.8. The van der Waals surface area contributed by atoms with Crippen molar-refractivity contribution in [1.82, 2.24) is 4.72 Å². The van der Waals surface area contributed by atoms with Crippen molar-refractivity contribution in [3.63, 3.8) is 0 Å². The molecule has 3 saturated carbocycles. The molecule has 0 aromatic heterocycles. The van der Waals surface area contributed by atoms with Gasteiger partial charge in [0, 0.05) is 17.9 Å². The number of ether oxygens (including phenoxy) is 4. The summed E-state index contributed by atoms with van der Waals surface area (Å²) >= 11 is 0. The molecular formula is C51H75NO7S. The zero-order chi connectivity index (χ0) is 43.7. The SMILES string of the molecule is CO[C@@H]1C[C@@]23COC[C@](C)([C@@H]2CC[C@H]2C3=CC[C@@]3(C)[C@H](C(=O)OCc4ccccc4)[C@@](C)([C@H](C)C(C)C)CC[C@]23C)[C@H]1OC[C@@](C)(NS(=O)(=O)c1ccc(C)cc1)C(C)C. The number of methoxy groups -OCH3 is 1. The first-order valence-corrected chi connectivity index (χ1v) is 24.3. The monoisotopic (exact) mass is 846 g/mol. The van der Waals surface area contributed by atoms with Crippen LogP contribution in [0.3, 0.4) is 0 Å². The van der Waals surface area contributed by atoms with Gasteiger partial charge in [-0.1, -0.05) is 122 Å². The summed E-state index contributed by atoms with van der Waals surface area (Å²) < 4.78 is 57.2. The quantitative estimate of drug-likeness (QED) is 0.158. The van der Waals surface area contributed by atoms with Crippen molar-refractivity contribution >= 4 is 16.0 Å². The van der Waals surface area contributed by atoms with Gasteiger partial charge in [-0.25, -0.2) is 13.1 Å². The second-order valence-corrected chi connectivity index (χ2v) is 23.5. The summed E-state index contributed by atoms with van der Waals surface area (Å²) in [5, 5.41) is 0. The molecule has 4 aliphatic carbocycles. The summed E-state index contributed by atoms with van der Waals surface area (Å²) in [7, 11) is -2.00. The fraction of sp³-hybridized carbons (Fsp3) is 0.706. The van der Waals surface area contributed by atoms with Crippen LogP contribution in [0.4, 0.5) is 0 Å². The van der Waals surface area contributed by atoms with E-state index in [0.717, 1.165) is 49.7 Å². The van der Waals surface area contributed by atoms with E-state index in [2.05, 4.69) is 59.3 Å². The molecule has 0 spiro atoms. The average molecular weight is 846 g/mol. The maximum Gasteiger partial charge on any atom is 0.310 e. The van der Waals surface area contributed by atoms with E-state index in [1.807, 2.05) is 70.2 Å². The van der Waals surface area contributed by atoms with E-state index in [4.69, 9.17) is 18.9 Å². The van der Waals surface area contributed by atoms with Crippen LogP contribution in [-0.2, 0) is 40.4 Å². The number of benzene rings is 2. The second-order valence-electron chi connectivity index (χ2n) is 21.8. The van der Waals surface area contributed by atoms with Crippen LogP contribution in [0.25, 0.3) is 0 Å². The van der Waals surface area contributed by atoms with Gasteiger partial charge in [-0.3, -0.25) is 4.79 Å². The second kappa shape index (κ2) is 16.2. The zero-order valence-electron chi connectivity index (χ0n) is 38.7. The number of hydrogen-bond acceptors (Lipinski definition) is 7. The molecule has 9 heteroatoms. The first-order chi connectivity index (χ1) is 28.1. The van der Waals surface area contributed by atoms with Crippen LogP contribution in [-0.4, -0.2) is 59.1 Å². The third-order valence-electron chi connectivity index (χ3n) is 18.1. The number of carbonyl (C=O) groups is 1. The average Bonchev–Trinajstić information content (AvgIpc) is 3.19. The van der Waals surface area contributed by atoms with Gasteiger partial charge in [-0.2, -0.15) is 0 Å². The summed E-state index contributed by atoms with van der Waals surface area (Å²) in [6.45, 7) is 26.3. The number of nitrogens with one attached hydrogen (secondary N) is 1. The molecule has 2 aromatic rings. The number of rotatable bonds is 13. The summed E-state index contributed by atoms with van der Waals surface area (Å²) in [5.74, 6) is 1.04. The number of allylic oxidation sites excluding steroid dienone is 1. The molecule has 4 fully saturated rings. The lowest BCUT2D eigenvalue weighted by Crippen LogP contribution is -2.70. The predicted molar refractivity (Wildman–Crippen MR) is 237 cm³/mol. The van der Waals surface area contributed by atoms with E-state index >= 15 is 0 Å². The highest BCUT2D eigenvalue weighted by Gasteiger charge is 2.72. The lowest BCUT2D eigenvalue weighted by Gasteiger charge is -2.71. The first kappa shape index (κ1) is 45.5. The normalized spacial score (nSPS) is 37.9. The Labute approximate surface area is 362 Å². The van der Waals surface area contributed by atoms with Gasteiger partial charge in [0.05, 0.1) is 48.4 Å². The number of hydrogen-bond donors (Lipinski definition) is 1. The van der Waals surface area contributed by atoms with Crippen molar-refractivity contribution in [1.29, 1.82) is 0 Å². The van der Waals surface area contributed by atoms with Crippen molar-refractivity contribution in [2.45, 2.75) is 144 Å². The molecule has 1 saturated heterocycles. The third kappa shape index (κ3) is 7.26. The highest BCUT2D eigenvalue weighted by molar-refractivity contribution is 7.89. The number of fused-ring (bicyclic) bond motifs is 3. The summed E-state index contributed by atoms with van der Waals surface area (Å²) in [5.41, 5.74) is 1.45. The van der Waals surface area contributed by atoms with Crippen LogP contribution in [0.1, 0.15) is 119 Å². The Kier molecular flexibility index (Phi) is 12.3. The molecular weight excluding hydrogens is 771 g/mol. The Hall–Kier alpha value is -2.56. The van der Waals surface area contributed by atoms with Crippen molar-refractivity contribution in [3.05, 3.63) is 77.4 Å². The summed E-state index contributed by atoms with van der Waals surface area (Å²) in [6, 6.07) is 17.1. The summed E-state index contributed by atoms with van der Waals surface area (Å²) in [6.07, 6.45) is 7.79. The Morgan fingerprint density at radius 2 is 1.62 bits per heavy atom. The van der Waals surface area contributed by atoms with Crippen LogP contribution < -0.4 is 4.72 Å². The smallest absolute Gasteiger partial charge is 0.310 e. The number of esters is 1. The molecule has 1 aliphatic heterocycles. The molecule has 1 heterocycles.